The van der Waals surface area contributed by atoms with Crippen molar-refractivity contribution in [3.8, 4) is 0 Å². The lowest BCUT2D eigenvalue weighted by atomic mass is 9.79. The Morgan fingerprint density at radius 1 is 1.43 bits per heavy atom. The van der Waals surface area contributed by atoms with Gasteiger partial charge in [0.05, 0.1) is 17.3 Å². The van der Waals surface area contributed by atoms with Gasteiger partial charge in [-0.3, -0.25) is 0 Å². The first-order valence-corrected chi connectivity index (χ1v) is 8.92. The first kappa shape index (κ1) is 16.9. The molecule has 1 heterocycles. The number of aromatic nitrogens is 1. The Hall–Kier alpha value is -0.450. The summed E-state index contributed by atoms with van der Waals surface area (Å²) in [6, 6.07) is 0.447. The highest BCUT2D eigenvalue weighted by Gasteiger charge is 2.41. The van der Waals surface area contributed by atoms with Gasteiger partial charge in [-0.1, -0.05) is 20.8 Å². The molecule has 0 amide bonds. The summed E-state index contributed by atoms with van der Waals surface area (Å²) < 4.78 is 5.66. The minimum Gasteiger partial charge on any atom is -0.381 e. The Balaban J connectivity index is 2.33. The zero-order valence-corrected chi connectivity index (χ0v) is 15.1. The quantitative estimate of drug-likeness (QED) is 0.904. The number of nitrogens with zero attached hydrogens (tertiary/aromatic N) is 1. The van der Waals surface area contributed by atoms with E-state index < -0.39 is 0 Å². The largest absolute Gasteiger partial charge is 0.381 e. The molecule has 0 aliphatic heterocycles. The highest BCUT2D eigenvalue weighted by atomic mass is 32.1. The standard InChI is InChI=1S/C17H30N2OS/c1-12(2)19-17(9-7-8-13(10-17)20-6)15-18-14(11-21-15)16(3,4)5/h11-13,19H,7-10H2,1-6H3. The summed E-state index contributed by atoms with van der Waals surface area (Å²) in [5, 5.41) is 7.28. The van der Waals surface area contributed by atoms with Crippen molar-refractivity contribution in [3.05, 3.63) is 16.1 Å². The van der Waals surface area contributed by atoms with Crippen molar-refractivity contribution in [2.75, 3.05) is 7.11 Å². The number of ether oxygens (including phenoxy) is 1. The lowest BCUT2D eigenvalue weighted by Gasteiger charge is -2.41. The Morgan fingerprint density at radius 2 is 2.14 bits per heavy atom. The SMILES string of the molecule is COC1CCCC(NC(C)C)(c2nc(C(C)(C)C)cs2)C1. The van der Waals surface area contributed by atoms with E-state index >= 15 is 0 Å². The second kappa shape index (κ2) is 6.35. The first-order valence-electron chi connectivity index (χ1n) is 8.04. The van der Waals surface area contributed by atoms with Crippen LogP contribution in [0.3, 0.4) is 0 Å². The third-order valence-electron chi connectivity index (χ3n) is 4.29. The van der Waals surface area contributed by atoms with Crippen LogP contribution in [0.4, 0.5) is 0 Å². The van der Waals surface area contributed by atoms with Crippen LogP contribution in [0.25, 0.3) is 0 Å². The average Bonchev–Trinajstić information content (AvgIpc) is 2.88. The molecule has 1 N–H and O–H groups in total. The van der Waals surface area contributed by atoms with Gasteiger partial charge in [0, 0.05) is 23.9 Å². The third-order valence-corrected chi connectivity index (χ3v) is 5.33. The fourth-order valence-corrected chi connectivity index (χ4v) is 4.45. The number of thiazole rings is 1. The maximum absolute atomic E-state index is 5.66. The predicted molar refractivity (Wildman–Crippen MR) is 90.0 cm³/mol. The van der Waals surface area contributed by atoms with E-state index in [0.717, 1.165) is 19.3 Å². The Kier molecular flexibility index (Phi) is 5.11. The van der Waals surface area contributed by atoms with Crippen LogP contribution in [-0.2, 0) is 15.7 Å². The number of hydrogen-bond donors (Lipinski definition) is 1. The molecule has 1 saturated carbocycles. The molecule has 1 aromatic rings. The fourth-order valence-electron chi connectivity index (χ4n) is 3.20. The van der Waals surface area contributed by atoms with Crippen LogP contribution < -0.4 is 5.32 Å². The van der Waals surface area contributed by atoms with Gasteiger partial charge in [0.2, 0.25) is 0 Å². The molecule has 0 aromatic carbocycles. The first-order chi connectivity index (χ1) is 9.77. The molecule has 1 aliphatic carbocycles. The average molecular weight is 311 g/mol. The molecule has 2 unspecified atom stereocenters. The van der Waals surface area contributed by atoms with Crippen molar-refractivity contribution in [3.63, 3.8) is 0 Å². The molecular formula is C17H30N2OS. The Bertz CT molecular complexity index is 464. The van der Waals surface area contributed by atoms with Crippen LogP contribution in [0.5, 0.6) is 0 Å². The summed E-state index contributed by atoms with van der Waals surface area (Å²) in [4.78, 5) is 5.00. The van der Waals surface area contributed by atoms with E-state index in [1.165, 1.54) is 17.1 Å². The molecule has 1 aliphatic rings. The molecule has 1 aromatic heterocycles. The molecule has 21 heavy (non-hydrogen) atoms. The van der Waals surface area contributed by atoms with Gasteiger partial charge in [0.25, 0.3) is 0 Å². The van der Waals surface area contributed by atoms with Crippen LogP contribution in [0.2, 0.25) is 0 Å². The molecule has 2 rings (SSSR count). The van der Waals surface area contributed by atoms with Gasteiger partial charge in [-0.25, -0.2) is 4.98 Å². The van der Waals surface area contributed by atoms with Crippen molar-refractivity contribution < 1.29 is 4.74 Å². The van der Waals surface area contributed by atoms with Crippen molar-refractivity contribution >= 4 is 11.3 Å². The molecule has 0 bridgehead atoms. The van der Waals surface area contributed by atoms with Crippen molar-refractivity contribution in [1.29, 1.82) is 0 Å². The van der Waals surface area contributed by atoms with Crippen molar-refractivity contribution in [1.82, 2.24) is 10.3 Å². The third kappa shape index (κ3) is 3.85. The molecule has 120 valence electrons. The van der Waals surface area contributed by atoms with E-state index in [-0.39, 0.29) is 11.0 Å². The predicted octanol–water partition coefficient (Wildman–Crippen LogP) is 4.22. The lowest BCUT2D eigenvalue weighted by Crippen LogP contribution is -2.50. The van der Waals surface area contributed by atoms with Crippen molar-refractivity contribution in [2.45, 2.75) is 83.4 Å². The van der Waals surface area contributed by atoms with E-state index in [9.17, 15) is 0 Å². The summed E-state index contributed by atoms with van der Waals surface area (Å²) in [6.07, 6.45) is 4.88. The zero-order chi connectivity index (χ0) is 15.7. The highest BCUT2D eigenvalue weighted by Crippen LogP contribution is 2.41. The number of rotatable bonds is 4. The van der Waals surface area contributed by atoms with E-state index in [1.54, 1.807) is 0 Å². The molecule has 0 saturated heterocycles. The van der Waals surface area contributed by atoms with Gasteiger partial charge in [-0.15, -0.1) is 11.3 Å². The van der Waals surface area contributed by atoms with Gasteiger partial charge in [-0.05, 0) is 39.5 Å². The van der Waals surface area contributed by atoms with E-state index in [1.807, 2.05) is 18.4 Å². The van der Waals surface area contributed by atoms with Gasteiger partial charge in [-0.2, -0.15) is 0 Å². The normalized spacial score (nSPS) is 27.3. The second-order valence-electron chi connectivity index (χ2n) is 7.62. The van der Waals surface area contributed by atoms with Crippen LogP contribution >= 0.6 is 11.3 Å². The topological polar surface area (TPSA) is 34.1 Å². The fraction of sp³-hybridized carbons (Fsp3) is 0.824. The Morgan fingerprint density at radius 3 is 2.67 bits per heavy atom. The summed E-state index contributed by atoms with van der Waals surface area (Å²) in [7, 11) is 1.83. The maximum Gasteiger partial charge on any atom is 0.113 e. The van der Waals surface area contributed by atoms with Crippen molar-refractivity contribution in [2.24, 2.45) is 0 Å². The number of nitrogens with one attached hydrogen (secondary N) is 1. The van der Waals surface area contributed by atoms with E-state index in [2.05, 4.69) is 45.3 Å². The summed E-state index contributed by atoms with van der Waals surface area (Å²) >= 11 is 1.81. The molecular weight excluding hydrogens is 280 g/mol. The smallest absolute Gasteiger partial charge is 0.113 e. The van der Waals surface area contributed by atoms with Gasteiger partial charge in [0.1, 0.15) is 5.01 Å². The lowest BCUT2D eigenvalue weighted by molar-refractivity contribution is 0.0264. The minimum atomic E-state index is -0.0126. The van der Waals surface area contributed by atoms with Crippen LogP contribution in [0.1, 0.15) is 71.0 Å². The van der Waals surface area contributed by atoms with Gasteiger partial charge >= 0.3 is 0 Å². The minimum absolute atomic E-state index is 0.0126. The van der Waals surface area contributed by atoms with E-state index in [0.29, 0.717) is 12.1 Å². The molecule has 3 nitrogen and oxygen atoms in total. The molecule has 0 radical (unpaired) electrons. The van der Waals surface area contributed by atoms with Crippen LogP contribution in [0, 0.1) is 0 Å². The highest BCUT2D eigenvalue weighted by molar-refractivity contribution is 7.09. The zero-order valence-electron chi connectivity index (χ0n) is 14.3. The van der Waals surface area contributed by atoms with Gasteiger partial charge < -0.3 is 10.1 Å². The molecule has 0 spiro atoms. The summed E-state index contributed by atoms with van der Waals surface area (Å²) in [6.45, 7) is 11.1. The van der Waals surface area contributed by atoms with Gasteiger partial charge in [0.15, 0.2) is 0 Å². The summed E-state index contributed by atoms with van der Waals surface area (Å²) in [5.41, 5.74) is 1.30. The monoisotopic (exact) mass is 310 g/mol. The Labute approximate surface area is 133 Å². The van der Waals surface area contributed by atoms with Crippen LogP contribution in [-0.4, -0.2) is 24.2 Å². The number of hydrogen-bond acceptors (Lipinski definition) is 4. The summed E-state index contributed by atoms with van der Waals surface area (Å²) in [5.74, 6) is 0. The van der Waals surface area contributed by atoms with Crippen LogP contribution in [0.15, 0.2) is 5.38 Å². The van der Waals surface area contributed by atoms with E-state index in [4.69, 9.17) is 9.72 Å². The maximum atomic E-state index is 5.66. The second-order valence-corrected chi connectivity index (χ2v) is 8.48. The molecule has 1 fully saturated rings. The molecule has 2 atom stereocenters. The molecule has 4 heteroatoms. The number of methoxy groups -OCH3 is 1.